The van der Waals surface area contributed by atoms with Crippen LogP contribution in [-0.4, -0.2) is 6.29 Å². The highest BCUT2D eigenvalue weighted by Crippen LogP contribution is 2.31. The molecule has 0 saturated heterocycles. The lowest BCUT2D eigenvalue weighted by atomic mass is 9.84. The normalized spacial score (nSPS) is 21.4. The van der Waals surface area contributed by atoms with Gasteiger partial charge in [-0.05, 0) is 36.3 Å². The van der Waals surface area contributed by atoms with Gasteiger partial charge in [0.15, 0.2) is 0 Å². The van der Waals surface area contributed by atoms with Crippen molar-refractivity contribution in [2.24, 2.45) is 0 Å². The molecule has 1 heteroatoms. The van der Waals surface area contributed by atoms with Crippen LogP contribution in [0.15, 0.2) is 42.0 Å². The fraction of sp³-hybridized carbons (Fsp3) is 0.308. The van der Waals surface area contributed by atoms with Crippen molar-refractivity contribution in [3.63, 3.8) is 0 Å². The molecule has 0 N–H and O–H groups in total. The molecule has 1 nitrogen and oxygen atoms in total. The lowest BCUT2D eigenvalue weighted by Gasteiger charge is -2.20. The molecule has 1 atom stereocenters. The summed E-state index contributed by atoms with van der Waals surface area (Å²) in [4.78, 5) is 10.7. The van der Waals surface area contributed by atoms with Gasteiger partial charge < -0.3 is 0 Å². The quantitative estimate of drug-likeness (QED) is 0.649. The fourth-order valence-corrected chi connectivity index (χ4v) is 2.05. The summed E-state index contributed by atoms with van der Waals surface area (Å²) in [6.07, 6.45) is 6.17. The Balaban J connectivity index is 2.15. The number of aldehydes is 1. The summed E-state index contributed by atoms with van der Waals surface area (Å²) >= 11 is 0. The average Bonchev–Trinajstić information content (AvgIpc) is 2.30. The van der Waals surface area contributed by atoms with Crippen LogP contribution < -0.4 is 0 Å². The Morgan fingerprint density at radius 2 is 2.00 bits per heavy atom. The highest BCUT2D eigenvalue weighted by atomic mass is 16.1. The van der Waals surface area contributed by atoms with E-state index in [9.17, 15) is 4.79 Å². The molecule has 2 rings (SSSR count). The highest BCUT2D eigenvalue weighted by Gasteiger charge is 2.16. The summed E-state index contributed by atoms with van der Waals surface area (Å²) in [6.45, 7) is 0. The Morgan fingerprint density at radius 1 is 1.21 bits per heavy atom. The van der Waals surface area contributed by atoms with Crippen molar-refractivity contribution in [1.82, 2.24) is 0 Å². The van der Waals surface area contributed by atoms with Crippen LogP contribution >= 0.6 is 0 Å². The first-order valence-corrected chi connectivity index (χ1v) is 5.09. The van der Waals surface area contributed by atoms with E-state index >= 15 is 0 Å². The number of hydrogen-bond acceptors (Lipinski definition) is 1. The Morgan fingerprint density at radius 3 is 2.71 bits per heavy atom. The van der Waals surface area contributed by atoms with Crippen LogP contribution in [0, 0.1) is 0 Å². The van der Waals surface area contributed by atoms with E-state index in [0.717, 1.165) is 24.7 Å². The zero-order chi connectivity index (χ0) is 9.80. The molecular formula is C13H14O. The molecule has 1 aliphatic carbocycles. The minimum Gasteiger partial charge on any atom is -0.298 e. The van der Waals surface area contributed by atoms with E-state index in [4.69, 9.17) is 0 Å². The van der Waals surface area contributed by atoms with E-state index in [2.05, 4.69) is 30.3 Å². The second-order valence-electron chi connectivity index (χ2n) is 3.79. The molecule has 0 fully saturated rings. The van der Waals surface area contributed by atoms with Crippen LogP contribution in [0.3, 0.4) is 0 Å². The van der Waals surface area contributed by atoms with Crippen molar-refractivity contribution in [2.75, 3.05) is 0 Å². The Bertz CT molecular complexity index is 338. The van der Waals surface area contributed by atoms with E-state index in [1.54, 1.807) is 0 Å². The Kier molecular flexibility index (Phi) is 2.78. The smallest absolute Gasteiger partial charge is 0.145 e. The van der Waals surface area contributed by atoms with Gasteiger partial charge in [0.1, 0.15) is 6.29 Å². The molecule has 1 aromatic rings. The lowest BCUT2D eigenvalue weighted by molar-refractivity contribution is -0.105. The average molecular weight is 186 g/mol. The molecule has 0 saturated carbocycles. The van der Waals surface area contributed by atoms with Gasteiger partial charge in [-0.2, -0.15) is 0 Å². The standard InChI is InChI=1S/C13H14O/c14-10-11-5-4-8-13(9-11)12-6-2-1-3-7-12/h1-3,5-7,10,13H,4,8-9H2. The molecule has 1 aliphatic rings. The van der Waals surface area contributed by atoms with Gasteiger partial charge in [-0.15, -0.1) is 0 Å². The fourth-order valence-electron chi connectivity index (χ4n) is 2.05. The molecule has 0 spiro atoms. The zero-order valence-electron chi connectivity index (χ0n) is 8.15. The van der Waals surface area contributed by atoms with Crippen LogP contribution in [0.1, 0.15) is 30.7 Å². The maximum absolute atomic E-state index is 10.7. The minimum absolute atomic E-state index is 0.543. The van der Waals surface area contributed by atoms with Crippen LogP contribution in [-0.2, 0) is 4.79 Å². The second-order valence-corrected chi connectivity index (χ2v) is 3.79. The third-order valence-electron chi connectivity index (χ3n) is 2.83. The molecule has 0 aromatic heterocycles. The van der Waals surface area contributed by atoms with Crippen LogP contribution in [0.25, 0.3) is 0 Å². The van der Waals surface area contributed by atoms with E-state index in [1.165, 1.54) is 12.0 Å². The third kappa shape index (κ3) is 1.92. The maximum Gasteiger partial charge on any atom is 0.145 e. The molecule has 0 bridgehead atoms. The first-order chi connectivity index (χ1) is 6.90. The highest BCUT2D eigenvalue weighted by molar-refractivity contribution is 5.73. The predicted molar refractivity (Wildman–Crippen MR) is 57.2 cm³/mol. The van der Waals surface area contributed by atoms with E-state index in [1.807, 2.05) is 6.07 Å². The summed E-state index contributed by atoms with van der Waals surface area (Å²) in [7, 11) is 0. The SMILES string of the molecule is O=CC1=CCCC(c2ccccc2)C1. The molecule has 0 amide bonds. The van der Waals surface area contributed by atoms with Crippen LogP contribution in [0.2, 0.25) is 0 Å². The van der Waals surface area contributed by atoms with Gasteiger partial charge in [0.25, 0.3) is 0 Å². The van der Waals surface area contributed by atoms with Gasteiger partial charge in [0, 0.05) is 0 Å². The topological polar surface area (TPSA) is 17.1 Å². The molecular weight excluding hydrogens is 172 g/mol. The van der Waals surface area contributed by atoms with Crippen molar-refractivity contribution in [1.29, 1.82) is 0 Å². The summed E-state index contributed by atoms with van der Waals surface area (Å²) in [5.41, 5.74) is 2.32. The van der Waals surface area contributed by atoms with Crippen LogP contribution in [0.4, 0.5) is 0 Å². The predicted octanol–water partition coefficient (Wildman–Crippen LogP) is 3.08. The number of hydrogen-bond donors (Lipinski definition) is 0. The van der Waals surface area contributed by atoms with Gasteiger partial charge in [-0.1, -0.05) is 36.4 Å². The molecule has 14 heavy (non-hydrogen) atoms. The Labute approximate surface area is 84.5 Å². The number of allylic oxidation sites excluding steroid dienone is 2. The second kappa shape index (κ2) is 4.23. The van der Waals surface area contributed by atoms with Crippen molar-refractivity contribution in [3.05, 3.63) is 47.5 Å². The zero-order valence-corrected chi connectivity index (χ0v) is 8.15. The van der Waals surface area contributed by atoms with E-state index in [-0.39, 0.29) is 0 Å². The summed E-state index contributed by atoms with van der Waals surface area (Å²) in [5, 5.41) is 0. The summed E-state index contributed by atoms with van der Waals surface area (Å²) < 4.78 is 0. The monoisotopic (exact) mass is 186 g/mol. The van der Waals surface area contributed by atoms with E-state index < -0.39 is 0 Å². The van der Waals surface area contributed by atoms with E-state index in [0.29, 0.717) is 5.92 Å². The van der Waals surface area contributed by atoms with Gasteiger partial charge >= 0.3 is 0 Å². The van der Waals surface area contributed by atoms with Gasteiger partial charge in [-0.3, -0.25) is 4.79 Å². The maximum atomic E-state index is 10.7. The van der Waals surface area contributed by atoms with Gasteiger partial charge in [-0.25, -0.2) is 0 Å². The summed E-state index contributed by atoms with van der Waals surface area (Å²) in [6, 6.07) is 10.5. The Hall–Kier alpha value is -1.37. The molecule has 72 valence electrons. The van der Waals surface area contributed by atoms with Gasteiger partial charge in [0.2, 0.25) is 0 Å². The first kappa shape index (κ1) is 9.20. The largest absolute Gasteiger partial charge is 0.298 e. The first-order valence-electron chi connectivity index (χ1n) is 5.09. The van der Waals surface area contributed by atoms with Crippen molar-refractivity contribution < 1.29 is 4.79 Å². The summed E-state index contributed by atoms with van der Waals surface area (Å²) in [5.74, 6) is 0.543. The number of carbonyl (C=O) groups excluding carboxylic acids is 1. The molecule has 0 radical (unpaired) electrons. The minimum atomic E-state index is 0.543. The number of carbonyl (C=O) groups is 1. The van der Waals surface area contributed by atoms with Crippen molar-refractivity contribution in [2.45, 2.75) is 25.2 Å². The molecule has 0 heterocycles. The van der Waals surface area contributed by atoms with Crippen LogP contribution in [0.5, 0.6) is 0 Å². The molecule has 1 unspecified atom stereocenters. The lowest BCUT2D eigenvalue weighted by Crippen LogP contribution is -2.05. The van der Waals surface area contributed by atoms with Crippen molar-refractivity contribution in [3.8, 4) is 0 Å². The van der Waals surface area contributed by atoms with Gasteiger partial charge in [0.05, 0.1) is 0 Å². The van der Waals surface area contributed by atoms with Crippen molar-refractivity contribution >= 4 is 6.29 Å². The molecule has 1 aromatic carbocycles. The third-order valence-corrected chi connectivity index (χ3v) is 2.83. The number of benzene rings is 1. The molecule has 0 aliphatic heterocycles. The number of rotatable bonds is 2.